The van der Waals surface area contributed by atoms with Crippen LogP contribution in [0.1, 0.15) is 34.8 Å². The van der Waals surface area contributed by atoms with Gasteiger partial charge in [0.05, 0.1) is 22.1 Å². The summed E-state index contributed by atoms with van der Waals surface area (Å²) in [6.07, 6.45) is 1.73. The van der Waals surface area contributed by atoms with Crippen molar-refractivity contribution in [1.82, 2.24) is 9.97 Å². The number of Topliss-reactive ketones (excluding diaryl/α,β-unsaturated/α-hetero) is 1. The summed E-state index contributed by atoms with van der Waals surface area (Å²) in [4.78, 5) is 27.1. The average molecular weight is 307 g/mol. The van der Waals surface area contributed by atoms with E-state index in [9.17, 15) is 4.79 Å². The van der Waals surface area contributed by atoms with E-state index in [0.717, 1.165) is 27.2 Å². The maximum atomic E-state index is 12.5. The van der Waals surface area contributed by atoms with Gasteiger partial charge in [-0.2, -0.15) is 0 Å². The van der Waals surface area contributed by atoms with Gasteiger partial charge in [0.15, 0.2) is 5.78 Å². The lowest BCUT2D eigenvalue weighted by Crippen LogP contribution is -2.35. The molecule has 3 aromatic rings. The summed E-state index contributed by atoms with van der Waals surface area (Å²) in [5.74, 6) is 0.0567. The molecule has 0 aliphatic carbocycles. The first-order valence-electron chi connectivity index (χ1n) is 7.01. The van der Waals surface area contributed by atoms with Gasteiger partial charge in [-0.15, -0.1) is 11.3 Å². The Morgan fingerprint density at radius 1 is 1.09 bits per heavy atom. The van der Waals surface area contributed by atoms with Crippen molar-refractivity contribution in [2.75, 3.05) is 0 Å². The summed E-state index contributed by atoms with van der Waals surface area (Å²) in [6, 6.07) is 9.61. The average Bonchev–Trinajstić information content (AvgIpc) is 3.00. The normalized spacial score (nSPS) is 16.5. The number of hydrogen-bond donors (Lipinski definition) is 0. The van der Waals surface area contributed by atoms with E-state index in [-0.39, 0.29) is 5.78 Å². The van der Waals surface area contributed by atoms with Gasteiger partial charge < -0.3 is 0 Å². The minimum absolute atomic E-state index is 0.0567. The first kappa shape index (κ1) is 13.3. The molecular formula is C17H13N3OS. The minimum atomic E-state index is -0.767. The molecule has 5 heteroatoms. The van der Waals surface area contributed by atoms with Crippen molar-refractivity contribution in [2.24, 2.45) is 4.99 Å². The maximum Gasteiger partial charge on any atom is 0.191 e. The summed E-state index contributed by atoms with van der Waals surface area (Å²) in [5, 5.41) is 1.92. The third-order valence-corrected chi connectivity index (χ3v) is 4.68. The Labute approximate surface area is 131 Å². The molecule has 0 saturated carbocycles. The van der Waals surface area contributed by atoms with E-state index in [1.165, 1.54) is 11.3 Å². The molecule has 0 amide bonds. The number of para-hydroxylation sites is 2. The van der Waals surface area contributed by atoms with Crippen LogP contribution in [-0.2, 0) is 0 Å². The van der Waals surface area contributed by atoms with Gasteiger partial charge in [-0.05, 0) is 37.4 Å². The number of aliphatic imine (C=N–C) groups is 1. The number of nitrogens with zero attached hydrogens (tertiary/aromatic N) is 3. The largest absolute Gasteiger partial charge is 0.291 e. The Morgan fingerprint density at radius 2 is 1.86 bits per heavy atom. The lowest BCUT2D eigenvalue weighted by molar-refractivity contribution is 0.0913. The molecular weight excluding hydrogens is 294 g/mol. The van der Waals surface area contributed by atoms with E-state index in [0.29, 0.717) is 5.69 Å². The molecule has 0 fully saturated rings. The number of benzene rings is 1. The van der Waals surface area contributed by atoms with Gasteiger partial charge in [0.1, 0.15) is 16.9 Å². The molecule has 1 aliphatic rings. The predicted molar refractivity (Wildman–Crippen MR) is 87.9 cm³/mol. The van der Waals surface area contributed by atoms with Gasteiger partial charge in [-0.1, -0.05) is 12.1 Å². The Kier molecular flexibility index (Phi) is 2.74. The number of hydrogen-bond acceptors (Lipinski definition) is 5. The van der Waals surface area contributed by atoms with Crippen LogP contribution in [0.4, 0.5) is 0 Å². The number of fused-ring (bicyclic) bond motifs is 2. The Bertz CT molecular complexity index is 940. The fourth-order valence-electron chi connectivity index (χ4n) is 2.63. The van der Waals surface area contributed by atoms with E-state index >= 15 is 0 Å². The molecule has 108 valence electrons. The summed E-state index contributed by atoms with van der Waals surface area (Å²) in [7, 11) is 0. The van der Waals surface area contributed by atoms with Crippen LogP contribution in [-0.4, -0.2) is 27.0 Å². The van der Waals surface area contributed by atoms with E-state index in [1.807, 2.05) is 49.6 Å². The third kappa shape index (κ3) is 1.89. The van der Waals surface area contributed by atoms with Crippen molar-refractivity contribution in [3.8, 4) is 0 Å². The molecule has 1 aliphatic heterocycles. The third-order valence-electron chi connectivity index (χ3n) is 3.76. The van der Waals surface area contributed by atoms with E-state index < -0.39 is 5.54 Å². The van der Waals surface area contributed by atoms with Gasteiger partial charge in [0.2, 0.25) is 0 Å². The molecule has 2 aromatic heterocycles. The van der Waals surface area contributed by atoms with Crippen LogP contribution in [0.2, 0.25) is 0 Å². The molecule has 0 atom stereocenters. The van der Waals surface area contributed by atoms with Crippen LogP contribution < -0.4 is 0 Å². The summed E-state index contributed by atoms with van der Waals surface area (Å²) in [5.41, 5.74) is 3.11. The molecule has 22 heavy (non-hydrogen) atoms. The number of thiophene rings is 1. The maximum absolute atomic E-state index is 12.5. The number of ketones is 1. The molecule has 0 spiro atoms. The van der Waals surface area contributed by atoms with Crippen molar-refractivity contribution in [3.63, 3.8) is 0 Å². The van der Waals surface area contributed by atoms with E-state index in [1.54, 1.807) is 6.20 Å². The van der Waals surface area contributed by atoms with Gasteiger partial charge in [-0.25, -0.2) is 4.98 Å². The van der Waals surface area contributed by atoms with Crippen molar-refractivity contribution in [1.29, 1.82) is 0 Å². The SMILES string of the molecule is CC1(C)N=C(c2cnc3ccccc3n2)c2sccc2C1=O. The van der Waals surface area contributed by atoms with Gasteiger partial charge >= 0.3 is 0 Å². The van der Waals surface area contributed by atoms with Crippen LogP contribution in [0.15, 0.2) is 46.9 Å². The first-order chi connectivity index (χ1) is 10.6. The molecule has 1 aromatic carbocycles. The monoisotopic (exact) mass is 307 g/mol. The van der Waals surface area contributed by atoms with Crippen LogP contribution in [0.25, 0.3) is 11.0 Å². The second kappa shape index (κ2) is 4.55. The zero-order chi connectivity index (χ0) is 15.3. The number of carbonyl (C=O) groups is 1. The van der Waals surface area contributed by atoms with E-state index in [4.69, 9.17) is 0 Å². The summed E-state index contributed by atoms with van der Waals surface area (Å²) < 4.78 is 0. The van der Waals surface area contributed by atoms with Crippen molar-refractivity contribution >= 4 is 33.9 Å². The Morgan fingerprint density at radius 3 is 2.68 bits per heavy atom. The van der Waals surface area contributed by atoms with E-state index in [2.05, 4.69) is 15.0 Å². The minimum Gasteiger partial charge on any atom is -0.291 e. The zero-order valence-electron chi connectivity index (χ0n) is 12.2. The van der Waals surface area contributed by atoms with Crippen LogP contribution in [0.5, 0.6) is 0 Å². The standard InChI is InChI=1S/C17H13N3OS/c1-17(2)16(21)10-7-8-22-15(10)14(20-17)13-9-18-11-5-3-4-6-12(11)19-13/h3-9H,1-2H3. The molecule has 3 heterocycles. The molecule has 4 rings (SSSR count). The Balaban J connectivity index is 1.95. The van der Waals surface area contributed by atoms with Gasteiger partial charge in [-0.3, -0.25) is 14.8 Å². The fraction of sp³-hybridized carbons (Fsp3) is 0.176. The molecule has 4 nitrogen and oxygen atoms in total. The van der Waals surface area contributed by atoms with Crippen molar-refractivity contribution < 1.29 is 4.79 Å². The van der Waals surface area contributed by atoms with Crippen LogP contribution in [0, 0.1) is 0 Å². The molecule has 0 radical (unpaired) electrons. The highest BCUT2D eigenvalue weighted by molar-refractivity contribution is 7.12. The lowest BCUT2D eigenvalue weighted by Gasteiger charge is -2.25. The highest BCUT2D eigenvalue weighted by atomic mass is 32.1. The smallest absolute Gasteiger partial charge is 0.191 e. The molecule has 0 bridgehead atoms. The quantitative estimate of drug-likeness (QED) is 0.691. The van der Waals surface area contributed by atoms with Crippen LogP contribution in [0.3, 0.4) is 0 Å². The second-order valence-corrected chi connectivity index (χ2v) is 6.67. The highest BCUT2D eigenvalue weighted by Crippen LogP contribution is 2.32. The van der Waals surface area contributed by atoms with Gasteiger partial charge in [0.25, 0.3) is 0 Å². The Hall–Kier alpha value is -2.40. The van der Waals surface area contributed by atoms with Crippen molar-refractivity contribution in [3.05, 3.63) is 58.0 Å². The van der Waals surface area contributed by atoms with Crippen molar-refractivity contribution in [2.45, 2.75) is 19.4 Å². The number of aromatic nitrogens is 2. The number of carbonyl (C=O) groups excluding carboxylic acids is 1. The van der Waals surface area contributed by atoms with Crippen LogP contribution >= 0.6 is 11.3 Å². The summed E-state index contributed by atoms with van der Waals surface area (Å²) in [6.45, 7) is 3.68. The highest BCUT2D eigenvalue weighted by Gasteiger charge is 2.37. The fourth-order valence-corrected chi connectivity index (χ4v) is 3.52. The zero-order valence-corrected chi connectivity index (χ0v) is 13.0. The lowest BCUT2D eigenvalue weighted by atomic mass is 9.89. The molecule has 0 N–H and O–H groups in total. The van der Waals surface area contributed by atoms with Gasteiger partial charge in [0, 0.05) is 5.56 Å². The second-order valence-electron chi connectivity index (χ2n) is 5.76. The first-order valence-corrected chi connectivity index (χ1v) is 7.89. The predicted octanol–water partition coefficient (Wildman–Crippen LogP) is 3.50. The molecule has 0 saturated heterocycles. The summed E-state index contributed by atoms with van der Waals surface area (Å²) >= 11 is 1.52. The molecule has 0 unspecified atom stereocenters. The number of rotatable bonds is 1. The topological polar surface area (TPSA) is 55.2 Å².